The second-order valence-corrected chi connectivity index (χ2v) is 19.0. The molecule has 62 heavy (non-hydrogen) atoms. The molecule has 10 aromatic rings. The van der Waals surface area contributed by atoms with Gasteiger partial charge in [-0.05, 0) is 168 Å². The minimum absolute atomic E-state index is 0.296. The molecule has 2 aliphatic rings. The van der Waals surface area contributed by atoms with Gasteiger partial charge in [-0.25, -0.2) is 0 Å². The molecular formula is C60H52N2. The van der Waals surface area contributed by atoms with E-state index < -0.39 is 0 Å². The van der Waals surface area contributed by atoms with Crippen molar-refractivity contribution in [3.8, 4) is 44.8 Å². The van der Waals surface area contributed by atoms with Crippen LogP contribution in [-0.4, -0.2) is 9.13 Å². The van der Waals surface area contributed by atoms with Crippen molar-refractivity contribution in [2.24, 2.45) is 0 Å². The molecule has 2 aromatic heterocycles. The summed E-state index contributed by atoms with van der Waals surface area (Å²) >= 11 is 0. The van der Waals surface area contributed by atoms with Crippen LogP contribution in [0.25, 0.3) is 88.4 Å². The van der Waals surface area contributed by atoms with Gasteiger partial charge in [-0.2, -0.15) is 0 Å². The highest BCUT2D eigenvalue weighted by Gasteiger charge is 2.42. The van der Waals surface area contributed by atoms with E-state index in [-0.39, 0.29) is 0 Å². The summed E-state index contributed by atoms with van der Waals surface area (Å²) in [5.74, 6) is 1.21. The zero-order valence-electron chi connectivity index (χ0n) is 37.1. The summed E-state index contributed by atoms with van der Waals surface area (Å²) in [4.78, 5) is 0. The summed E-state index contributed by atoms with van der Waals surface area (Å²) < 4.78 is 5.19. The Hall–Kier alpha value is -6.64. The smallest absolute Gasteiger partial charge is 0.0582 e. The number of fused-ring (bicyclic) bond motifs is 8. The van der Waals surface area contributed by atoms with Crippen molar-refractivity contribution in [2.45, 2.75) is 79.1 Å². The van der Waals surface area contributed by atoms with Crippen LogP contribution in [-0.2, 0) is 0 Å². The highest BCUT2D eigenvalue weighted by atomic mass is 15.0. The van der Waals surface area contributed by atoms with E-state index >= 15 is 0 Å². The number of aromatic nitrogens is 2. The SMILES string of the molecule is Cc1cc(C)cc(-c2ccc3c(c2)c2cc4c5c(c2n3-c2ccccc2)C(C)C(C)c2cc3c6cc(-c7cc(C)cc(C)c7)ccc6n(-c6ccccc6)c3c(c2-5)C(C)C4C)c1. The van der Waals surface area contributed by atoms with E-state index in [1.165, 1.54) is 133 Å². The van der Waals surface area contributed by atoms with E-state index in [1.54, 1.807) is 0 Å². The molecule has 0 fully saturated rings. The van der Waals surface area contributed by atoms with Crippen molar-refractivity contribution in [3.05, 3.63) is 190 Å². The number of hydrogen-bond donors (Lipinski definition) is 0. The fraction of sp³-hybridized carbons (Fsp3) is 0.200. The van der Waals surface area contributed by atoms with Crippen LogP contribution in [0.5, 0.6) is 0 Å². The summed E-state index contributed by atoms with van der Waals surface area (Å²) in [5.41, 5.74) is 27.0. The number of hydrogen-bond acceptors (Lipinski definition) is 0. The molecule has 0 amide bonds. The van der Waals surface area contributed by atoms with Gasteiger partial charge in [-0.1, -0.05) is 135 Å². The van der Waals surface area contributed by atoms with Crippen LogP contribution in [0.4, 0.5) is 0 Å². The van der Waals surface area contributed by atoms with Crippen molar-refractivity contribution in [3.63, 3.8) is 0 Å². The quantitative estimate of drug-likeness (QED) is 0.168. The lowest BCUT2D eigenvalue weighted by molar-refractivity contribution is 0.584. The second kappa shape index (κ2) is 13.4. The van der Waals surface area contributed by atoms with Crippen molar-refractivity contribution >= 4 is 43.6 Å². The topological polar surface area (TPSA) is 9.86 Å². The molecule has 0 aliphatic heterocycles. The second-order valence-electron chi connectivity index (χ2n) is 19.0. The molecular weight excluding hydrogens is 749 g/mol. The maximum Gasteiger partial charge on any atom is 0.0582 e. The standard InChI is InChI=1S/C60H52N2/c1-33-23-34(2)26-43(25-33)41-19-21-53-49(29-41)51-31-47-37(5)40(8)56-58-48(38(6)39(7)55(57(47)58)59(51)61(53)45-15-11-9-12-16-45)32-52-50-30-42(44-27-35(3)24-36(4)28-44)20-22-54(50)62(60(52)56)46-17-13-10-14-18-46/h9-32,37-40H,1-8H3. The summed E-state index contributed by atoms with van der Waals surface area (Å²) in [6.07, 6.45) is 0. The van der Waals surface area contributed by atoms with Crippen molar-refractivity contribution in [1.29, 1.82) is 0 Å². The highest BCUT2D eigenvalue weighted by molar-refractivity contribution is 6.17. The van der Waals surface area contributed by atoms with E-state index in [1.807, 2.05) is 0 Å². The molecule has 4 atom stereocenters. The van der Waals surface area contributed by atoms with Gasteiger partial charge in [-0.3, -0.25) is 0 Å². The number of nitrogens with zero attached hydrogens (tertiary/aromatic N) is 2. The molecule has 12 rings (SSSR count). The first-order valence-electron chi connectivity index (χ1n) is 22.6. The van der Waals surface area contributed by atoms with Gasteiger partial charge >= 0.3 is 0 Å². The first kappa shape index (κ1) is 37.1. The van der Waals surface area contributed by atoms with Crippen LogP contribution in [0.2, 0.25) is 0 Å². The number of rotatable bonds is 4. The molecule has 302 valence electrons. The molecule has 0 saturated carbocycles. The van der Waals surface area contributed by atoms with Crippen LogP contribution in [0.1, 0.15) is 95.9 Å². The molecule has 2 nitrogen and oxygen atoms in total. The number of para-hydroxylation sites is 2. The average molecular weight is 801 g/mol. The summed E-state index contributed by atoms with van der Waals surface area (Å²) in [6.45, 7) is 18.9. The Balaban J connectivity index is 1.22. The zero-order valence-corrected chi connectivity index (χ0v) is 37.1. The van der Waals surface area contributed by atoms with E-state index in [0.29, 0.717) is 23.7 Å². The Morgan fingerprint density at radius 2 is 0.710 bits per heavy atom. The predicted molar refractivity (Wildman–Crippen MR) is 264 cm³/mol. The van der Waals surface area contributed by atoms with Crippen LogP contribution >= 0.6 is 0 Å². The Labute approximate surface area is 365 Å². The molecule has 0 saturated heterocycles. The van der Waals surface area contributed by atoms with Gasteiger partial charge in [0.05, 0.1) is 22.1 Å². The van der Waals surface area contributed by atoms with Crippen LogP contribution < -0.4 is 0 Å². The molecule has 0 spiro atoms. The maximum atomic E-state index is 2.62. The monoisotopic (exact) mass is 800 g/mol. The highest BCUT2D eigenvalue weighted by Crippen LogP contribution is 2.61. The van der Waals surface area contributed by atoms with Crippen molar-refractivity contribution < 1.29 is 0 Å². The summed E-state index contributed by atoms with van der Waals surface area (Å²) in [7, 11) is 0. The van der Waals surface area contributed by atoms with Gasteiger partial charge in [0.2, 0.25) is 0 Å². The van der Waals surface area contributed by atoms with Gasteiger partial charge in [-0.15, -0.1) is 0 Å². The Kier molecular flexibility index (Phi) is 8.05. The first-order chi connectivity index (χ1) is 30.0. The third kappa shape index (κ3) is 5.22. The zero-order chi connectivity index (χ0) is 42.3. The first-order valence-corrected chi connectivity index (χ1v) is 22.6. The molecule has 4 unspecified atom stereocenters. The van der Waals surface area contributed by atoms with E-state index in [0.717, 1.165) is 0 Å². The largest absolute Gasteiger partial charge is 0.309 e. The fourth-order valence-corrected chi connectivity index (χ4v) is 12.0. The third-order valence-electron chi connectivity index (χ3n) is 15.0. The van der Waals surface area contributed by atoms with Crippen molar-refractivity contribution in [2.75, 3.05) is 0 Å². The van der Waals surface area contributed by atoms with Crippen LogP contribution in [0.3, 0.4) is 0 Å². The van der Waals surface area contributed by atoms with Crippen molar-refractivity contribution in [1.82, 2.24) is 9.13 Å². The minimum atomic E-state index is 0.296. The maximum absolute atomic E-state index is 2.62. The van der Waals surface area contributed by atoms with Gasteiger partial charge in [0.15, 0.2) is 0 Å². The van der Waals surface area contributed by atoms with E-state index in [2.05, 4.69) is 210 Å². The number of aryl methyl sites for hydroxylation is 4. The van der Waals surface area contributed by atoms with Gasteiger partial charge in [0.1, 0.15) is 0 Å². The fourth-order valence-electron chi connectivity index (χ4n) is 12.0. The van der Waals surface area contributed by atoms with Gasteiger partial charge < -0.3 is 9.13 Å². The lowest BCUT2D eigenvalue weighted by atomic mass is 9.62. The van der Waals surface area contributed by atoms with Crippen LogP contribution in [0, 0.1) is 27.7 Å². The predicted octanol–water partition coefficient (Wildman–Crippen LogP) is 16.6. The molecule has 0 bridgehead atoms. The molecule has 2 aliphatic carbocycles. The summed E-state index contributed by atoms with van der Waals surface area (Å²) in [6, 6.07) is 55.7. The van der Waals surface area contributed by atoms with Gasteiger partial charge in [0.25, 0.3) is 0 Å². The Morgan fingerprint density at radius 1 is 0.339 bits per heavy atom. The molecule has 8 aromatic carbocycles. The van der Waals surface area contributed by atoms with E-state index in [9.17, 15) is 0 Å². The van der Waals surface area contributed by atoms with Crippen LogP contribution in [0.15, 0.2) is 146 Å². The Morgan fingerprint density at radius 3 is 1.08 bits per heavy atom. The molecule has 2 heterocycles. The van der Waals surface area contributed by atoms with E-state index in [4.69, 9.17) is 0 Å². The Bertz CT molecular complexity index is 3230. The van der Waals surface area contributed by atoms with Gasteiger partial charge in [0, 0.05) is 32.9 Å². The minimum Gasteiger partial charge on any atom is -0.309 e. The molecule has 0 radical (unpaired) electrons. The number of benzene rings is 8. The lowest BCUT2D eigenvalue weighted by Gasteiger charge is -2.42. The summed E-state index contributed by atoms with van der Waals surface area (Å²) in [5, 5.41) is 5.39. The lowest BCUT2D eigenvalue weighted by Crippen LogP contribution is -2.24. The normalized spacial score (nSPS) is 18.0. The third-order valence-corrected chi connectivity index (χ3v) is 15.0. The molecule has 2 heteroatoms. The average Bonchev–Trinajstić information content (AvgIpc) is 3.78. The molecule has 0 N–H and O–H groups in total.